The lowest BCUT2D eigenvalue weighted by Gasteiger charge is -2.35. The van der Waals surface area contributed by atoms with Crippen molar-refractivity contribution in [3.63, 3.8) is 0 Å². The standard InChI is InChI=1S/C15H21ClO3S/c1-13-6-5-7-14(10-13)19-11-15(12-20(16,17)18)8-3-2-4-9-15/h5-7,10H,2-4,8-9,11-12H2,1H3. The summed E-state index contributed by atoms with van der Waals surface area (Å²) in [5.74, 6) is 0.801. The Kier molecular flexibility index (Phi) is 4.97. The van der Waals surface area contributed by atoms with E-state index in [1.165, 1.54) is 0 Å². The van der Waals surface area contributed by atoms with Crippen LogP contribution in [0.2, 0.25) is 0 Å². The van der Waals surface area contributed by atoms with Crippen molar-refractivity contribution in [3.05, 3.63) is 29.8 Å². The topological polar surface area (TPSA) is 43.4 Å². The van der Waals surface area contributed by atoms with Gasteiger partial charge in [0, 0.05) is 16.1 Å². The van der Waals surface area contributed by atoms with Crippen LogP contribution in [0.15, 0.2) is 24.3 Å². The Morgan fingerprint density at radius 2 is 1.95 bits per heavy atom. The summed E-state index contributed by atoms with van der Waals surface area (Å²) in [6, 6.07) is 7.81. The van der Waals surface area contributed by atoms with Gasteiger partial charge >= 0.3 is 0 Å². The highest BCUT2D eigenvalue weighted by atomic mass is 35.7. The first-order chi connectivity index (χ1) is 9.39. The van der Waals surface area contributed by atoms with E-state index in [1.807, 2.05) is 31.2 Å². The Bertz CT molecular complexity index is 548. The number of hydrogen-bond acceptors (Lipinski definition) is 3. The van der Waals surface area contributed by atoms with Crippen molar-refractivity contribution in [2.45, 2.75) is 39.0 Å². The number of aryl methyl sites for hydroxylation is 1. The normalized spacial score (nSPS) is 18.7. The van der Waals surface area contributed by atoms with Gasteiger partial charge < -0.3 is 4.74 Å². The second-order valence-corrected chi connectivity index (χ2v) is 8.63. The Labute approximate surface area is 125 Å². The zero-order valence-corrected chi connectivity index (χ0v) is 13.3. The van der Waals surface area contributed by atoms with Gasteiger partial charge in [0.05, 0.1) is 12.4 Å². The zero-order valence-electron chi connectivity index (χ0n) is 11.8. The van der Waals surface area contributed by atoms with Gasteiger partial charge in [-0.05, 0) is 37.5 Å². The Balaban J connectivity index is 2.08. The van der Waals surface area contributed by atoms with Gasteiger partial charge in [-0.3, -0.25) is 0 Å². The molecule has 0 N–H and O–H groups in total. The number of benzene rings is 1. The third kappa shape index (κ3) is 4.67. The van der Waals surface area contributed by atoms with E-state index in [1.54, 1.807) is 0 Å². The first kappa shape index (κ1) is 15.6. The molecule has 0 heterocycles. The smallest absolute Gasteiger partial charge is 0.233 e. The minimum Gasteiger partial charge on any atom is -0.493 e. The van der Waals surface area contributed by atoms with Crippen LogP contribution in [0.25, 0.3) is 0 Å². The fourth-order valence-corrected chi connectivity index (χ4v) is 4.74. The van der Waals surface area contributed by atoms with Crippen LogP contribution in [-0.4, -0.2) is 20.8 Å². The summed E-state index contributed by atoms with van der Waals surface area (Å²) in [7, 11) is 1.98. The van der Waals surface area contributed by atoms with E-state index in [4.69, 9.17) is 15.4 Å². The van der Waals surface area contributed by atoms with Crippen LogP contribution in [0.3, 0.4) is 0 Å². The summed E-state index contributed by atoms with van der Waals surface area (Å²) in [5, 5.41) is 0. The molecule has 5 heteroatoms. The molecule has 0 aromatic heterocycles. The fraction of sp³-hybridized carbons (Fsp3) is 0.600. The van der Waals surface area contributed by atoms with Crippen molar-refractivity contribution in [1.82, 2.24) is 0 Å². The van der Waals surface area contributed by atoms with Crippen molar-refractivity contribution in [3.8, 4) is 5.75 Å². The van der Waals surface area contributed by atoms with Crippen molar-refractivity contribution in [1.29, 1.82) is 0 Å². The highest BCUT2D eigenvalue weighted by Crippen LogP contribution is 2.38. The molecule has 1 aromatic rings. The van der Waals surface area contributed by atoms with Crippen LogP contribution >= 0.6 is 10.7 Å². The van der Waals surface area contributed by atoms with E-state index in [0.29, 0.717) is 6.61 Å². The number of halogens is 1. The molecule has 0 bridgehead atoms. The highest BCUT2D eigenvalue weighted by molar-refractivity contribution is 8.13. The maximum atomic E-state index is 11.5. The maximum Gasteiger partial charge on any atom is 0.233 e. The summed E-state index contributed by atoms with van der Waals surface area (Å²) in [6.45, 7) is 2.43. The zero-order chi connectivity index (χ0) is 14.6. The van der Waals surface area contributed by atoms with Crippen LogP contribution < -0.4 is 4.74 Å². The van der Waals surface area contributed by atoms with Crippen LogP contribution in [0.5, 0.6) is 5.75 Å². The molecule has 1 aliphatic rings. The summed E-state index contributed by atoms with van der Waals surface area (Å²) >= 11 is 0. The van der Waals surface area contributed by atoms with Crippen LogP contribution in [0.4, 0.5) is 0 Å². The molecule has 3 nitrogen and oxygen atoms in total. The predicted molar refractivity (Wildman–Crippen MR) is 81.8 cm³/mol. The molecule has 0 radical (unpaired) electrons. The number of rotatable bonds is 5. The minimum atomic E-state index is -3.50. The minimum absolute atomic E-state index is 0.00731. The molecule has 0 amide bonds. The summed E-state index contributed by atoms with van der Waals surface area (Å²) in [6.07, 6.45) is 4.98. The van der Waals surface area contributed by atoms with E-state index >= 15 is 0 Å². The molecular formula is C15H21ClO3S. The summed E-state index contributed by atoms with van der Waals surface area (Å²) in [5.41, 5.74) is 0.799. The van der Waals surface area contributed by atoms with Crippen LogP contribution in [0.1, 0.15) is 37.7 Å². The number of hydrogen-bond donors (Lipinski definition) is 0. The Morgan fingerprint density at radius 1 is 1.25 bits per heavy atom. The molecule has 1 aliphatic carbocycles. The van der Waals surface area contributed by atoms with Gasteiger partial charge in [-0.1, -0.05) is 31.4 Å². The second kappa shape index (κ2) is 6.35. The average molecular weight is 317 g/mol. The fourth-order valence-electron chi connectivity index (χ4n) is 2.94. The molecule has 1 fully saturated rings. The molecule has 2 rings (SSSR count). The average Bonchev–Trinajstić information content (AvgIpc) is 2.36. The van der Waals surface area contributed by atoms with Gasteiger partial charge in [0.1, 0.15) is 5.75 Å². The first-order valence-electron chi connectivity index (χ1n) is 7.00. The maximum absolute atomic E-state index is 11.5. The van der Waals surface area contributed by atoms with E-state index in [0.717, 1.165) is 43.4 Å². The second-order valence-electron chi connectivity index (χ2n) is 5.85. The van der Waals surface area contributed by atoms with E-state index in [-0.39, 0.29) is 11.2 Å². The SMILES string of the molecule is Cc1cccc(OCC2(CS(=O)(=O)Cl)CCCCC2)c1. The molecule has 0 atom stereocenters. The quantitative estimate of drug-likeness (QED) is 0.774. The largest absolute Gasteiger partial charge is 0.493 e. The summed E-state index contributed by atoms with van der Waals surface area (Å²) < 4.78 is 28.8. The Morgan fingerprint density at radius 3 is 2.55 bits per heavy atom. The van der Waals surface area contributed by atoms with E-state index in [2.05, 4.69) is 0 Å². The molecule has 1 saturated carbocycles. The van der Waals surface area contributed by atoms with Gasteiger partial charge in [0.25, 0.3) is 0 Å². The van der Waals surface area contributed by atoms with Gasteiger partial charge in [-0.25, -0.2) is 8.42 Å². The van der Waals surface area contributed by atoms with Gasteiger partial charge in [0.15, 0.2) is 0 Å². The van der Waals surface area contributed by atoms with Gasteiger partial charge in [0.2, 0.25) is 9.05 Å². The van der Waals surface area contributed by atoms with Crippen molar-refractivity contribution in [2.24, 2.45) is 5.41 Å². The first-order valence-corrected chi connectivity index (χ1v) is 9.48. The Hall–Kier alpha value is -0.740. The van der Waals surface area contributed by atoms with E-state index < -0.39 is 9.05 Å². The third-order valence-corrected chi connectivity index (χ3v) is 5.21. The van der Waals surface area contributed by atoms with Crippen LogP contribution in [0, 0.1) is 12.3 Å². The molecule has 112 valence electrons. The van der Waals surface area contributed by atoms with Gasteiger partial charge in [-0.2, -0.15) is 0 Å². The molecule has 1 aromatic carbocycles. The van der Waals surface area contributed by atoms with Crippen molar-refractivity contribution >= 4 is 19.7 Å². The van der Waals surface area contributed by atoms with Crippen molar-refractivity contribution < 1.29 is 13.2 Å². The van der Waals surface area contributed by atoms with E-state index in [9.17, 15) is 8.42 Å². The predicted octanol–water partition coefficient (Wildman–Crippen LogP) is 3.89. The molecular weight excluding hydrogens is 296 g/mol. The third-order valence-electron chi connectivity index (χ3n) is 3.93. The summed E-state index contributed by atoms with van der Waals surface area (Å²) in [4.78, 5) is 0. The lowest BCUT2D eigenvalue weighted by atomic mass is 9.76. The lowest BCUT2D eigenvalue weighted by molar-refractivity contribution is 0.119. The van der Waals surface area contributed by atoms with Crippen LogP contribution in [-0.2, 0) is 9.05 Å². The number of ether oxygens (including phenoxy) is 1. The molecule has 0 aliphatic heterocycles. The molecule has 0 unspecified atom stereocenters. The lowest BCUT2D eigenvalue weighted by Crippen LogP contribution is -2.36. The van der Waals surface area contributed by atoms with Crippen molar-refractivity contribution in [2.75, 3.05) is 12.4 Å². The molecule has 20 heavy (non-hydrogen) atoms. The molecule has 0 spiro atoms. The highest BCUT2D eigenvalue weighted by Gasteiger charge is 2.37. The van der Waals surface area contributed by atoms with Gasteiger partial charge in [-0.15, -0.1) is 0 Å². The monoisotopic (exact) mass is 316 g/mol. The molecule has 0 saturated heterocycles.